The molecule has 7 heteroatoms. The van der Waals surface area contributed by atoms with Crippen molar-refractivity contribution in [3.63, 3.8) is 0 Å². The monoisotopic (exact) mass is 271 g/mol. The summed E-state index contributed by atoms with van der Waals surface area (Å²) in [5.41, 5.74) is 0.327. The van der Waals surface area contributed by atoms with Crippen molar-refractivity contribution >= 4 is 27.4 Å². The molecule has 0 fully saturated rings. The minimum atomic E-state index is -3.33. The lowest BCUT2D eigenvalue weighted by Crippen LogP contribution is -2.13. The Hall–Kier alpha value is -1.89. The Morgan fingerprint density at radius 3 is 2.50 bits per heavy atom. The largest absolute Gasteiger partial charge is 0.481 e. The van der Waals surface area contributed by atoms with Gasteiger partial charge in [-0.05, 0) is 18.2 Å². The molecule has 0 aromatic heterocycles. The minimum Gasteiger partial charge on any atom is -0.481 e. The van der Waals surface area contributed by atoms with E-state index < -0.39 is 21.7 Å². The van der Waals surface area contributed by atoms with Crippen molar-refractivity contribution in [2.24, 2.45) is 0 Å². The number of anilines is 1. The highest BCUT2D eigenvalue weighted by Crippen LogP contribution is 2.15. The Balaban J connectivity index is 2.74. The van der Waals surface area contributed by atoms with E-state index in [1.54, 1.807) is 0 Å². The van der Waals surface area contributed by atoms with Crippen molar-refractivity contribution in [3.05, 3.63) is 24.3 Å². The second kappa shape index (κ2) is 5.63. The molecule has 0 aliphatic rings. The third kappa shape index (κ3) is 4.54. The number of benzene rings is 1. The van der Waals surface area contributed by atoms with Gasteiger partial charge < -0.3 is 10.4 Å². The summed E-state index contributed by atoms with van der Waals surface area (Å²) >= 11 is 0. The maximum atomic E-state index is 11.4. The summed E-state index contributed by atoms with van der Waals surface area (Å²) in [5.74, 6) is -1.53. The van der Waals surface area contributed by atoms with E-state index in [0.29, 0.717) is 5.69 Å². The summed E-state index contributed by atoms with van der Waals surface area (Å²) in [6.45, 7) is 0. The molecule has 1 rings (SSSR count). The first-order valence-electron chi connectivity index (χ1n) is 5.11. The van der Waals surface area contributed by atoms with Crippen molar-refractivity contribution in [1.29, 1.82) is 0 Å². The number of amides is 1. The number of rotatable bonds is 5. The molecule has 0 saturated heterocycles. The van der Waals surface area contributed by atoms with Gasteiger partial charge in [-0.1, -0.05) is 6.07 Å². The molecule has 0 radical (unpaired) electrons. The Labute approximate surface area is 105 Å². The van der Waals surface area contributed by atoms with Gasteiger partial charge in [0, 0.05) is 18.4 Å². The summed E-state index contributed by atoms with van der Waals surface area (Å²) in [6.07, 6.45) is 0.647. The number of sulfone groups is 1. The number of aliphatic carboxylic acids is 1. The molecule has 1 aromatic rings. The van der Waals surface area contributed by atoms with Gasteiger partial charge in [-0.3, -0.25) is 9.59 Å². The molecule has 1 aromatic carbocycles. The van der Waals surface area contributed by atoms with Crippen LogP contribution in [0.15, 0.2) is 29.2 Å². The van der Waals surface area contributed by atoms with Crippen molar-refractivity contribution in [1.82, 2.24) is 0 Å². The summed E-state index contributed by atoms with van der Waals surface area (Å²) in [6, 6.07) is 5.78. The molecule has 18 heavy (non-hydrogen) atoms. The molecular formula is C11H13NO5S. The van der Waals surface area contributed by atoms with Crippen LogP contribution >= 0.6 is 0 Å². The van der Waals surface area contributed by atoms with Crippen LogP contribution in [0.4, 0.5) is 5.69 Å². The average Bonchev–Trinajstić information content (AvgIpc) is 2.25. The summed E-state index contributed by atoms with van der Waals surface area (Å²) < 4.78 is 22.6. The molecular weight excluding hydrogens is 258 g/mol. The Bertz CT molecular complexity index is 565. The zero-order valence-electron chi connectivity index (χ0n) is 9.71. The number of hydrogen-bond acceptors (Lipinski definition) is 4. The Kier molecular flexibility index (Phi) is 4.43. The number of nitrogens with one attached hydrogen (secondary N) is 1. The van der Waals surface area contributed by atoms with E-state index >= 15 is 0 Å². The average molecular weight is 271 g/mol. The van der Waals surface area contributed by atoms with E-state index in [4.69, 9.17) is 5.11 Å². The molecule has 1 amide bonds. The molecule has 0 unspecified atom stereocenters. The van der Waals surface area contributed by atoms with Gasteiger partial charge in [-0.15, -0.1) is 0 Å². The van der Waals surface area contributed by atoms with Gasteiger partial charge in [0.25, 0.3) is 0 Å². The van der Waals surface area contributed by atoms with Crippen molar-refractivity contribution < 1.29 is 23.1 Å². The number of hydrogen-bond donors (Lipinski definition) is 2. The minimum absolute atomic E-state index is 0.0959. The van der Waals surface area contributed by atoms with Crippen LogP contribution in [-0.2, 0) is 19.4 Å². The third-order valence-electron chi connectivity index (χ3n) is 2.11. The predicted molar refractivity (Wildman–Crippen MR) is 65.1 cm³/mol. The second-order valence-corrected chi connectivity index (χ2v) is 5.76. The number of carbonyl (C=O) groups is 2. The summed E-state index contributed by atoms with van der Waals surface area (Å²) in [4.78, 5) is 21.7. The quantitative estimate of drug-likeness (QED) is 0.828. The first kappa shape index (κ1) is 14.2. The van der Waals surface area contributed by atoms with Crippen LogP contribution in [-0.4, -0.2) is 31.7 Å². The van der Waals surface area contributed by atoms with Crippen LogP contribution in [0.25, 0.3) is 0 Å². The van der Waals surface area contributed by atoms with E-state index in [-0.39, 0.29) is 17.7 Å². The van der Waals surface area contributed by atoms with Gasteiger partial charge in [0.05, 0.1) is 11.3 Å². The van der Waals surface area contributed by atoms with E-state index in [9.17, 15) is 18.0 Å². The topological polar surface area (TPSA) is 101 Å². The molecule has 98 valence electrons. The van der Waals surface area contributed by atoms with Crippen LogP contribution < -0.4 is 5.32 Å². The third-order valence-corrected chi connectivity index (χ3v) is 3.22. The standard InChI is InChI=1S/C11H13NO5S/c1-18(16,17)9-4-2-3-8(7-9)12-10(13)5-6-11(14)15/h2-4,7H,5-6H2,1H3,(H,12,13)(H,14,15). The molecule has 2 N–H and O–H groups in total. The van der Waals surface area contributed by atoms with Gasteiger partial charge in [0.1, 0.15) is 0 Å². The fourth-order valence-corrected chi connectivity index (χ4v) is 1.92. The van der Waals surface area contributed by atoms with E-state index in [1.165, 1.54) is 24.3 Å². The predicted octanol–water partition coefficient (Wildman–Crippen LogP) is 0.893. The molecule has 0 bridgehead atoms. The van der Waals surface area contributed by atoms with Crippen LogP contribution in [0.1, 0.15) is 12.8 Å². The highest BCUT2D eigenvalue weighted by molar-refractivity contribution is 7.90. The van der Waals surface area contributed by atoms with Gasteiger partial charge >= 0.3 is 5.97 Å². The lowest BCUT2D eigenvalue weighted by Gasteiger charge is -2.05. The fourth-order valence-electron chi connectivity index (χ4n) is 1.25. The van der Waals surface area contributed by atoms with E-state index in [2.05, 4.69) is 5.32 Å². The normalized spacial score (nSPS) is 10.9. The van der Waals surface area contributed by atoms with Crippen LogP contribution in [0.3, 0.4) is 0 Å². The number of carboxylic acids is 1. The molecule has 0 saturated carbocycles. The Morgan fingerprint density at radius 1 is 1.28 bits per heavy atom. The van der Waals surface area contributed by atoms with Crippen molar-refractivity contribution in [3.8, 4) is 0 Å². The number of carbonyl (C=O) groups excluding carboxylic acids is 1. The smallest absolute Gasteiger partial charge is 0.303 e. The maximum Gasteiger partial charge on any atom is 0.303 e. The first-order valence-corrected chi connectivity index (χ1v) is 7.00. The van der Waals surface area contributed by atoms with Gasteiger partial charge in [-0.25, -0.2) is 8.42 Å². The van der Waals surface area contributed by atoms with Gasteiger partial charge in [0.2, 0.25) is 5.91 Å². The molecule has 0 atom stereocenters. The summed E-state index contributed by atoms with van der Waals surface area (Å²) in [5, 5.41) is 10.9. The highest BCUT2D eigenvalue weighted by atomic mass is 32.2. The lowest BCUT2D eigenvalue weighted by atomic mass is 10.2. The van der Waals surface area contributed by atoms with Crippen molar-refractivity contribution in [2.75, 3.05) is 11.6 Å². The molecule has 0 spiro atoms. The first-order chi connectivity index (χ1) is 8.29. The zero-order chi connectivity index (χ0) is 13.8. The van der Waals surface area contributed by atoms with E-state index in [0.717, 1.165) is 6.26 Å². The summed E-state index contributed by atoms with van der Waals surface area (Å²) in [7, 11) is -3.33. The van der Waals surface area contributed by atoms with Crippen molar-refractivity contribution in [2.45, 2.75) is 17.7 Å². The van der Waals surface area contributed by atoms with E-state index in [1.807, 2.05) is 0 Å². The second-order valence-electron chi connectivity index (χ2n) is 3.74. The SMILES string of the molecule is CS(=O)(=O)c1cccc(NC(=O)CCC(=O)O)c1. The van der Waals surface area contributed by atoms with Gasteiger partial charge in [0.15, 0.2) is 9.84 Å². The molecule has 0 aliphatic carbocycles. The molecule has 0 heterocycles. The van der Waals surface area contributed by atoms with Crippen LogP contribution in [0.5, 0.6) is 0 Å². The molecule has 0 aliphatic heterocycles. The van der Waals surface area contributed by atoms with Crippen LogP contribution in [0.2, 0.25) is 0 Å². The molecule has 6 nitrogen and oxygen atoms in total. The van der Waals surface area contributed by atoms with Crippen LogP contribution in [0, 0.1) is 0 Å². The maximum absolute atomic E-state index is 11.4. The number of carboxylic acid groups (broad SMARTS) is 1. The Morgan fingerprint density at radius 2 is 1.94 bits per heavy atom. The fraction of sp³-hybridized carbons (Fsp3) is 0.273. The van der Waals surface area contributed by atoms with Gasteiger partial charge in [-0.2, -0.15) is 0 Å². The zero-order valence-corrected chi connectivity index (χ0v) is 10.5. The lowest BCUT2D eigenvalue weighted by molar-refractivity contribution is -0.138. The highest BCUT2D eigenvalue weighted by Gasteiger charge is 2.09.